The number of amides is 1. The Morgan fingerprint density at radius 3 is 2.95 bits per heavy atom. The molecule has 0 aliphatic carbocycles. The van der Waals surface area contributed by atoms with Crippen LogP contribution >= 0.6 is 11.3 Å². The van der Waals surface area contributed by atoms with Crippen molar-refractivity contribution in [2.24, 2.45) is 0 Å². The molecule has 2 rings (SSSR count). The summed E-state index contributed by atoms with van der Waals surface area (Å²) in [4.78, 5) is 16.2. The van der Waals surface area contributed by atoms with Crippen molar-refractivity contribution in [3.05, 3.63) is 40.1 Å². The number of thiazole rings is 1. The number of hydrogen-bond donors (Lipinski definition) is 1. The Morgan fingerprint density at radius 1 is 1.45 bits per heavy atom. The zero-order valence-electron chi connectivity index (χ0n) is 11.0. The number of nitrogens with zero attached hydrogens (tertiary/aromatic N) is 1. The molecule has 0 spiro atoms. The zero-order chi connectivity index (χ0) is 14.5. The first-order chi connectivity index (χ1) is 9.63. The summed E-state index contributed by atoms with van der Waals surface area (Å²) in [5.41, 5.74) is 0.675. The second kappa shape index (κ2) is 6.44. The fraction of sp³-hybridized carbons (Fsp3) is 0.231. The number of hydrogen-bond acceptors (Lipinski definition) is 5. The van der Waals surface area contributed by atoms with E-state index in [0.717, 1.165) is 0 Å². The van der Waals surface area contributed by atoms with Crippen LogP contribution in [0.15, 0.2) is 23.6 Å². The first kappa shape index (κ1) is 14.4. The SMILES string of the molecule is COCc1nc(C(=O)Nc2ccc(F)cc2OC)cs1. The van der Waals surface area contributed by atoms with Crippen LogP contribution in [0.3, 0.4) is 0 Å². The van der Waals surface area contributed by atoms with Crippen molar-refractivity contribution in [1.29, 1.82) is 0 Å². The summed E-state index contributed by atoms with van der Waals surface area (Å²) in [6.45, 7) is 0.359. The molecule has 106 valence electrons. The van der Waals surface area contributed by atoms with Gasteiger partial charge in [-0.3, -0.25) is 4.79 Å². The molecule has 0 unspecified atom stereocenters. The number of halogens is 1. The standard InChI is InChI=1S/C13H13FN2O3S/c1-18-6-12-15-10(7-20-12)13(17)16-9-4-3-8(14)5-11(9)19-2/h3-5,7H,6H2,1-2H3,(H,16,17). The van der Waals surface area contributed by atoms with E-state index in [9.17, 15) is 9.18 Å². The molecule has 0 saturated heterocycles. The Hall–Kier alpha value is -1.99. The van der Waals surface area contributed by atoms with Gasteiger partial charge < -0.3 is 14.8 Å². The van der Waals surface area contributed by atoms with Crippen LogP contribution in [0.5, 0.6) is 5.75 Å². The van der Waals surface area contributed by atoms with Crippen molar-refractivity contribution in [2.45, 2.75) is 6.61 Å². The van der Waals surface area contributed by atoms with Gasteiger partial charge in [-0.1, -0.05) is 0 Å². The molecule has 1 aromatic carbocycles. The second-order valence-electron chi connectivity index (χ2n) is 3.86. The number of carbonyl (C=O) groups is 1. The van der Waals surface area contributed by atoms with Crippen LogP contribution in [0.1, 0.15) is 15.5 Å². The molecular formula is C13H13FN2O3S. The minimum absolute atomic E-state index is 0.255. The summed E-state index contributed by atoms with van der Waals surface area (Å²) in [5.74, 6) is -0.560. The van der Waals surface area contributed by atoms with E-state index >= 15 is 0 Å². The highest BCUT2D eigenvalue weighted by Crippen LogP contribution is 2.25. The van der Waals surface area contributed by atoms with Crippen LogP contribution in [0.2, 0.25) is 0 Å². The highest BCUT2D eigenvalue weighted by Gasteiger charge is 2.13. The van der Waals surface area contributed by atoms with Gasteiger partial charge in [0, 0.05) is 18.6 Å². The lowest BCUT2D eigenvalue weighted by atomic mass is 10.2. The Bertz CT molecular complexity index is 615. The first-order valence-corrected chi connectivity index (χ1v) is 6.60. The quantitative estimate of drug-likeness (QED) is 0.921. The summed E-state index contributed by atoms with van der Waals surface area (Å²) >= 11 is 1.34. The smallest absolute Gasteiger partial charge is 0.275 e. The van der Waals surface area contributed by atoms with E-state index in [4.69, 9.17) is 9.47 Å². The summed E-state index contributed by atoms with van der Waals surface area (Å²) in [6, 6.07) is 3.89. The van der Waals surface area contributed by atoms with Gasteiger partial charge in [0.25, 0.3) is 5.91 Å². The van der Waals surface area contributed by atoms with Crippen molar-refractivity contribution in [1.82, 2.24) is 4.98 Å². The van der Waals surface area contributed by atoms with Crippen LogP contribution < -0.4 is 10.1 Å². The molecule has 2 aromatic rings. The molecule has 1 heterocycles. The molecule has 1 amide bonds. The predicted octanol–water partition coefficient (Wildman–Crippen LogP) is 2.69. The lowest BCUT2D eigenvalue weighted by molar-refractivity contribution is 0.102. The van der Waals surface area contributed by atoms with Crippen molar-refractivity contribution in [3.8, 4) is 5.75 Å². The Labute approximate surface area is 119 Å². The van der Waals surface area contributed by atoms with Gasteiger partial charge in [-0.25, -0.2) is 9.37 Å². The minimum atomic E-state index is -0.434. The largest absolute Gasteiger partial charge is 0.494 e. The van der Waals surface area contributed by atoms with Gasteiger partial charge in [-0.2, -0.15) is 0 Å². The highest BCUT2D eigenvalue weighted by molar-refractivity contribution is 7.09. The van der Waals surface area contributed by atoms with Gasteiger partial charge in [-0.05, 0) is 12.1 Å². The molecular weight excluding hydrogens is 283 g/mol. The van der Waals surface area contributed by atoms with Crippen LogP contribution in [-0.2, 0) is 11.3 Å². The van der Waals surface area contributed by atoms with E-state index in [2.05, 4.69) is 10.3 Å². The number of anilines is 1. The maximum absolute atomic E-state index is 13.1. The summed E-state index contributed by atoms with van der Waals surface area (Å²) in [7, 11) is 2.97. The lowest BCUT2D eigenvalue weighted by Crippen LogP contribution is -2.13. The third kappa shape index (κ3) is 3.31. The monoisotopic (exact) mass is 296 g/mol. The number of rotatable bonds is 5. The van der Waals surface area contributed by atoms with Crippen LogP contribution in [0, 0.1) is 5.82 Å². The molecule has 0 atom stereocenters. The number of nitrogens with one attached hydrogen (secondary N) is 1. The number of methoxy groups -OCH3 is 2. The topological polar surface area (TPSA) is 60.5 Å². The Morgan fingerprint density at radius 2 is 2.25 bits per heavy atom. The van der Waals surface area contributed by atoms with Gasteiger partial charge in [-0.15, -0.1) is 11.3 Å². The third-order valence-electron chi connectivity index (χ3n) is 2.46. The maximum atomic E-state index is 13.1. The molecule has 0 saturated carbocycles. The summed E-state index contributed by atoms with van der Waals surface area (Å²) in [6.07, 6.45) is 0. The van der Waals surface area contributed by atoms with E-state index in [1.165, 1.54) is 36.6 Å². The fourth-order valence-corrected chi connectivity index (χ4v) is 2.30. The van der Waals surface area contributed by atoms with Crippen LogP contribution in [0.25, 0.3) is 0 Å². The average Bonchev–Trinajstić information content (AvgIpc) is 2.90. The van der Waals surface area contributed by atoms with E-state index < -0.39 is 5.82 Å². The van der Waals surface area contributed by atoms with Crippen LogP contribution in [0.4, 0.5) is 10.1 Å². The number of carbonyl (C=O) groups excluding carboxylic acids is 1. The number of aromatic nitrogens is 1. The normalized spacial score (nSPS) is 10.3. The van der Waals surface area contributed by atoms with E-state index in [1.54, 1.807) is 12.5 Å². The van der Waals surface area contributed by atoms with Gasteiger partial charge >= 0.3 is 0 Å². The Kier molecular flexibility index (Phi) is 4.65. The van der Waals surface area contributed by atoms with Gasteiger partial charge in [0.15, 0.2) is 0 Å². The lowest BCUT2D eigenvalue weighted by Gasteiger charge is -2.09. The fourth-order valence-electron chi connectivity index (χ4n) is 1.56. The Balaban J connectivity index is 2.14. The van der Waals surface area contributed by atoms with Gasteiger partial charge in [0.2, 0.25) is 0 Å². The minimum Gasteiger partial charge on any atom is -0.494 e. The van der Waals surface area contributed by atoms with Crippen molar-refractivity contribution in [3.63, 3.8) is 0 Å². The van der Waals surface area contributed by atoms with Crippen molar-refractivity contribution < 1.29 is 18.7 Å². The number of ether oxygens (including phenoxy) is 2. The predicted molar refractivity (Wildman–Crippen MR) is 73.7 cm³/mol. The molecule has 7 heteroatoms. The van der Waals surface area contributed by atoms with Crippen molar-refractivity contribution >= 4 is 22.9 Å². The maximum Gasteiger partial charge on any atom is 0.275 e. The van der Waals surface area contributed by atoms with E-state index in [0.29, 0.717) is 17.3 Å². The average molecular weight is 296 g/mol. The third-order valence-corrected chi connectivity index (χ3v) is 3.29. The molecule has 0 radical (unpaired) electrons. The second-order valence-corrected chi connectivity index (χ2v) is 4.80. The molecule has 0 bridgehead atoms. The van der Waals surface area contributed by atoms with E-state index in [-0.39, 0.29) is 17.4 Å². The molecule has 1 aromatic heterocycles. The molecule has 0 aliphatic heterocycles. The van der Waals surface area contributed by atoms with Gasteiger partial charge in [0.1, 0.15) is 22.3 Å². The summed E-state index contributed by atoms with van der Waals surface area (Å²) < 4.78 is 23.0. The highest BCUT2D eigenvalue weighted by atomic mass is 32.1. The molecule has 0 aliphatic rings. The molecule has 0 fully saturated rings. The molecule has 5 nitrogen and oxygen atoms in total. The number of benzene rings is 1. The van der Waals surface area contributed by atoms with Crippen molar-refractivity contribution in [2.75, 3.05) is 19.5 Å². The van der Waals surface area contributed by atoms with Crippen LogP contribution in [-0.4, -0.2) is 25.1 Å². The van der Waals surface area contributed by atoms with Gasteiger partial charge in [0.05, 0.1) is 19.4 Å². The summed E-state index contributed by atoms with van der Waals surface area (Å²) in [5, 5.41) is 4.98. The first-order valence-electron chi connectivity index (χ1n) is 5.72. The molecule has 20 heavy (non-hydrogen) atoms. The molecule has 1 N–H and O–H groups in total. The van der Waals surface area contributed by atoms with E-state index in [1.807, 2.05) is 0 Å². The zero-order valence-corrected chi connectivity index (χ0v) is 11.8.